The summed E-state index contributed by atoms with van der Waals surface area (Å²) in [5.74, 6) is -4.86. The Hall–Kier alpha value is -2.24. The molecule has 0 unspecified atom stereocenters. The van der Waals surface area contributed by atoms with Crippen LogP contribution in [0.25, 0.3) is 0 Å². The van der Waals surface area contributed by atoms with Crippen LogP contribution in [0.3, 0.4) is 0 Å². The predicted molar refractivity (Wildman–Crippen MR) is 77.2 cm³/mol. The average Bonchev–Trinajstić information content (AvgIpc) is 2.44. The lowest BCUT2D eigenvalue weighted by molar-refractivity contribution is -0.146. The molecule has 118 valence electrons. The van der Waals surface area contributed by atoms with Crippen LogP contribution in [0.4, 0.5) is 14.5 Å². The maximum Gasteiger partial charge on any atom is 0.307 e. The van der Waals surface area contributed by atoms with Crippen molar-refractivity contribution in [3.8, 4) is 0 Å². The number of carboxylic acid groups (broad SMARTS) is 1. The molecule has 22 heavy (non-hydrogen) atoms. The monoisotopic (exact) mass is 309 g/mol. The molecule has 2 N–H and O–H groups in total. The largest absolute Gasteiger partial charge is 0.481 e. The molecule has 4 nitrogen and oxygen atoms in total. The molecule has 0 fully saturated rings. The number of nitrogens with one attached hydrogen (secondary N) is 1. The van der Waals surface area contributed by atoms with Gasteiger partial charge in [-0.15, -0.1) is 0 Å². The first-order valence-electron chi connectivity index (χ1n) is 6.93. The Morgan fingerprint density at radius 3 is 2.27 bits per heavy atom. The quantitative estimate of drug-likeness (QED) is 0.841. The number of carboxylic acids is 1. The van der Waals surface area contributed by atoms with Gasteiger partial charge in [0.05, 0.1) is 17.5 Å². The Balaban J connectivity index is 2.21. The van der Waals surface area contributed by atoms with Gasteiger partial charge in [0.2, 0.25) is 5.91 Å². The molecule has 6 heteroatoms. The highest BCUT2D eigenvalue weighted by atomic mass is 19.1. The van der Waals surface area contributed by atoms with Crippen LogP contribution in [0, 0.1) is 23.5 Å². The zero-order valence-electron chi connectivity index (χ0n) is 12.3. The summed E-state index contributed by atoms with van der Waals surface area (Å²) in [6.07, 6.45) is 0.614. The molecular formula is C16H17F2NO3. The first-order chi connectivity index (χ1) is 10.3. The number of halogens is 2. The summed E-state index contributed by atoms with van der Waals surface area (Å²) >= 11 is 0. The number of carbonyl (C=O) groups is 2. The second kappa shape index (κ2) is 6.25. The first kappa shape index (κ1) is 16.1. The van der Waals surface area contributed by atoms with E-state index in [1.807, 2.05) is 13.8 Å². The highest BCUT2D eigenvalue weighted by Gasteiger charge is 2.37. The van der Waals surface area contributed by atoms with Gasteiger partial charge in [-0.2, -0.15) is 0 Å². The van der Waals surface area contributed by atoms with Gasteiger partial charge in [0, 0.05) is 6.07 Å². The van der Waals surface area contributed by atoms with Crippen LogP contribution < -0.4 is 5.32 Å². The van der Waals surface area contributed by atoms with E-state index in [1.165, 1.54) is 0 Å². The van der Waals surface area contributed by atoms with E-state index < -0.39 is 35.3 Å². The number of aliphatic carboxylic acids is 1. The highest BCUT2D eigenvalue weighted by Crippen LogP contribution is 2.35. The molecule has 0 aliphatic heterocycles. The molecule has 1 aliphatic carbocycles. The molecule has 0 saturated carbocycles. The maximum absolute atomic E-state index is 13.6. The fraction of sp³-hybridized carbons (Fsp3) is 0.375. The van der Waals surface area contributed by atoms with Crippen molar-refractivity contribution in [3.05, 3.63) is 41.0 Å². The Labute approximate surface area is 126 Å². The number of amides is 1. The van der Waals surface area contributed by atoms with E-state index in [2.05, 4.69) is 5.32 Å². The molecule has 1 aliphatic rings. The van der Waals surface area contributed by atoms with Crippen LogP contribution in [0.1, 0.15) is 26.7 Å². The van der Waals surface area contributed by atoms with E-state index >= 15 is 0 Å². The van der Waals surface area contributed by atoms with Crippen LogP contribution >= 0.6 is 0 Å². The molecule has 1 aromatic carbocycles. The average molecular weight is 309 g/mol. The lowest BCUT2D eigenvalue weighted by Gasteiger charge is -2.29. The van der Waals surface area contributed by atoms with E-state index in [0.717, 1.165) is 23.3 Å². The molecule has 0 aromatic heterocycles. The van der Waals surface area contributed by atoms with Crippen LogP contribution in [0.15, 0.2) is 29.3 Å². The van der Waals surface area contributed by atoms with Gasteiger partial charge in [0.1, 0.15) is 11.6 Å². The van der Waals surface area contributed by atoms with Gasteiger partial charge >= 0.3 is 5.97 Å². The minimum absolute atomic E-state index is 0.153. The maximum atomic E-state index is 13.6. The molecule has 0 spiro atoms. The van der Waals surface area contributed by atoms with E-state index in [1.54, 1.807) is 0 Å². The van der Waals surface area contributed by atoms with Crippen LogP contribution in [0.2, 0.25) is 0 Å². The van der Waals surface area contributed by atoms with E-state index in [9.17, 15) is 23.5 Å². The molecule has 1 amide bonds. The van der Waals surface area contributed by atoms with Gasteiger partial charge in [-0.1, -0.05) is 11.1 Å². The molecule has 0 heterocycles. The second-order valence-electron chi connectivity index (χ2n) is 5.63. The first-order valence-corrected chi connectivity index (χ1v) is 6.93. The Bertz CT molecular complexity index is 655. The Kier molecular flexibility index (Phi) is 4.59. The topological polar surface area (TPSA) is 66.4 Å². The van der Waals surface area contributed by atoms with Gasteiger partial charge < -0.3 is 10.4 Å². The summed E-state index contributed by atoms with van der Waals surface area (Å²) in [5, 5.41) is 11.7. The molecule has 0 radical (unpaired) electrons. The number of anilines is 1. The fourth-order valence-corrected chi connectivity index (χ4v) is 2.64. The summed E-state index contributed by atoms with van der Waals surface area (Å²) in [4.78, 5) is 23.7. The normalized spacial score (nSPS) is 21.6. The number of benzene rings is 1. The number of allylic oxidation sites excluding steroid dienone is 2. The van der Waals surface area contributed by atoms with E-state index in [4.69, 9.17) is 0 Å². The van der Waals surface area contributed by atoms with Gasteiger partial charge in [0.25, 0.3) is 0 Å². The molecule has 1 aromatic rings. The molecule has 2 rings (SSSR count). The summed E-state index contributed by atoms with van der Waals surface area (Å²) in [6, 6.07) is 2.82. The number of rotatable bonds is 3. The van der Waals surface area contributed by atoms with Crippen molar-refractivity contribution in [1.82, 2.24) is 0 Å². The minimum atomic E-state index is -1.05. The SMILES string of the molecule is CC1=C(C)C[C@H](C(=O)Nc2ccc(F)cc2F)[C@@H](C(=O)O)C1. The fourth-order valence-electron chi connectivity index (χ4n) is 2.64. The lowest BCUT2D eigenvalue weighted by atomic mass is 9.76. The van der Waals surface area contributed by atoms with Gasteiger partial charge in [-0.05, 0) is 38.8 Å². The van der Waals surface area contributed by atoms with Crippen molar-refractivity contribution >= 4 is 17.6 Å². The van der Waals surface area contributed by atoms with E-state index in [0.29, 0.717) is 18.9 Å². The summed E-state index contributed by atoms with van der Waals surface area (Å²) in [5.41, 5.74) is 1.78. The molecule has 0 bridgehead atoms. The second-order valence-corrected chi connectivity index (χ2v) is 5.63. The Morgan fingerprint density at radius 1 is 1.14 bits per heavy atom. The summed E-state index contributed by atoms with van der Waals surface area (Å²) < 4.78 is 26.5. The van der Waals surface area contributed by atoms with Gasteiger partial charge in [-0.25, -0.2) is 8.78 Å². The number of carbonyl (C=O) groups excluding carboxylic acids is 1. The van der Waals surface area contributed by atoms with Crippen LogP contribution in [-0.2, 0) is 9.59 Å². The zero-order valence-corrected chi connectivity index (χ0v) is 12.3. The molecule has 2 atom stereocenters. The van der Waals surface area contributed by atoms with Crippen molar-refractivity contribution < 1.29 is 23.5 Å². The van der Waals surface area contributed by atoms with Crippen LogP contribution in [0.5, 0.6) is 0 Å². The summed E-state index contributed by atoms with van der Waals surface area (Å²) in [7, 11) is 0. The minimum Gasteiger partial charge on any atom is -0.481 e. The molecule has 0 saturated heterocycles. The number of hydrogen-bond acceptors (Lipinski definition) is 2. The smallest absolute Gasteiger partial charge is 0.307 e. The third-order valence-corrected chi connectivity index (χ3v) is 4.11. The molecular weight excluding hydrogens is 292 g/mol. The zero-order chi connectivity index (χ0) is 16.4. The summed E-state index contributed by atoms with van der Waals surface area (Å²) in [6.45, 7) is 3.70. The van der Waals surface area contributed by atoms with Crippen molar-refractivity contribution in [3.63, 3.8) is 0 Å². The third-order valence-electron chi connectivity index (χ3n) is 4.11. The predicted octanol–water partition coefficient (Wildman–Crippen LogP) is 3.35. The van der Waals surface area contributed by atoms with Gasteiger partial charge in [0.15, 0.2) is 0 Å². The standard InChI is InChI=1S/C16H17F2NO3/c1-8-5-11(12(16(21)22)6-9(8)2)15(20)19-14-4-3-10(17)7-13(14)18/h3-4,7,11-12H,5-6H2,1-2H3,(H,19,20)(H,21,22)/t11-,12-/m0/s1. The van der Waals surface area contributed by atoms with E-state index in [-0.39, 0.29) is 5.69 Å². The highest BCUT2D eigenvalue weighted by molar-refractivity contribution is 5.95. The lowest BCUT2D eigenvalue weighted by Crippen LogP contribution is -2.36. The van der Waals surface area contributed by atoms with Crippen molar-refractivity contribution in [2.75, 3.05) is 5.32 Å². The van der Waals surface area contributed by atoms with Crippen LogP contribution in [-0.4, -0.2) is 17.0 Å². The number of hydrogen-bond donors (Lipinski definition) is 2. The van der Waals surface area contributed by atoms with Gasteiger partial charge in [-0.3, -0.25) is 9.59 Å². The third kappa shape index (κ3) is 3.32. The van der Waals surface area contributed by atoms with Crippen molar-refractivity contribution in [1.29, 1.82) is 0 Å². The van der Waals surface area contributed by atoms with Crippen molar-refractivity contribution in [2.45, 2.75) is 26.7 Å². The van der Waals surface area contributed by atoms with Crippen molar-refractivity contribution in [2.24, 2.45) is 11.8 Å². The Morgan fingerprint density at radius 2 is 1.73 bits per heavy atom.